The zero-order chi connectivity index (χ0) is 32.1. The minimum atomic E-state index is -3.92. The molecule has 0 unspecified atom stereocenters. The highest BCUT2D eigenvalue weighted by Crippen LogP contribution is 2.50. The summed E-state index contributed by atoms with van der Waals surface area (Å²) >= 11 is 6.43. The summed E-state index contributed by atoms with van der Waals surface area (Å²) in [6.45, 7) is 3.98. The largest absolute Gasteiger partial charge is 0.490 e. The number of nitrogens with one attached hydrogen (secondary N) is 1. The predicted octanol–water partition coefficient (Wildman–Crippen LogP) is 5.56. The van der Waals surface area contributed by atoms with Gasteiger partial charge in [0, 0.05) is 35.0 Å². The number of hydrogen-bond donors (Lipinski definition) is 1. The third-order valence-corrected chi connectivity index (χ3v) is 13.4. The monoisotopic (exact) mass is 670 g/mol. The van der Waals surface area contributed by atoms with E-state index < -0.39 is 26.8 Å². The maximum Gasteiger partial charge on any atom is 0.332 e. The molecule has 3 aliphatic heterocycles. The van der Waals surface area contributed by atoms with E-state index in [1.54, 1.807) is 18.2 Å². The van der Waals surface area contributed by atoms with Crippen molar-refractivity contribution in [1.29, 1.82) is 0 Å². The van der Waals surface area contributed by atoms with Gasteiger partial charge in [-0.3, -0.25) is 4.79 Å². The number of esters is 1. The second-order valence-electron chi connectivity index (χ2n) is 14.0. The summed E-state index contributed by atoms with van der Waals surface area (Å²) in [5.74, 6) is 0.0556. The van der Waals surface area contributed by atoms with Crippen molar-refractivity contribution in [2.75, 3.05) is 37.8 Å². The Hall–Kier alpha value is -2.82. The molecule has 248 valence electrons. The van der Waals surface area contributed by atoms with E-state index in [9.17, 15) is 18.0 Å². The van der Waals surface area contributed by atoms with Crippen LogP contribution in [0, 0.1) is 11.8 Å². The van der Waals surface area contributed by atoms with Gasteiger partial charge in [-0.2, -0.15) is 0 Å². The normalized spacial score (nSPS) is 32.7. The molecule has 2 spiro atoms. The van der Waals surface area contributed by atoms with Gasteiger partial charge in [0.2, 0.25) is 10.0 Å². The number of sulfonamides is 1. The smallest absolute Gasteiger partial charge is 0.332 e. The van der Waals surface area contributed by atoms with Crippen LogP contribution in [0.5, 0.6) is 5.75 Å². The zero-order valence-corrected chi connectivity index (χ0v) is 28.0. The molecule has 11 heteroatoms. The number of hydrogen-bond acceptors (Lipinski definition) is 8. The molecule has 46 heavy (non-hydrogen) atoms. The van der Waals surface area contributed by atoms with E-state index in [4.69, 9.17) is 25.8 Å². The van der Waals surface area contributed by atoms with Crippen LogP contribution >= 0.6 is 11.6 Å². The van der Waals surface area contributed by atoms with Gasteiger partial charge in [-0.15, -0.1) is 0 Å². The third kappa shape index (κ3) is 5.79. The Labute approximate surface area is 276 Å². The molecule has 1 N–H and O–H groups in total. The summed E-state index contributed by atoms with van der Waals surface area (Å²) in [6.07, 6.45) is 7.58. The lowest BCUT2D eigenvalue weighted by molar-refractivity contribution is -0.215. The number of fused-ring (bicyclic) bond motifs is 5. The van der Waals surface area contributed by atoms with Crippen LogP contribution in [0.3, 0.4) is 0 Å². The quantitative estimate of drug-likeness (QED) is 0.393. The molecule has 2 aromatic rings. The summed E-state index contributed by atoms with van der Waals surface area (Å²) < 4.78 is 47.8. The number of aryl methyl sites for hydroxylation is 1. The van der Waals surface area contributed by atoms with Crippen molar-refractivity contribution in [3.63, 3.8) is 0 Å². The third-order valence-electron chi connectivity index (χ3n) is 11.2. The fourth-order valence-electron chi connectivity index (χ4n) is 8.75. The Kier molecular flexibility index (Phi) is 8.51. The SMILES string of the molecule is CC[C@@H]1CCCC[C@]2(COCC(=O)O2)[C@@H]2CC[C@H]2CN2C[C@@]3(CCCc4cc(Cl)ccc43)COc3ccc(cc32)C(=O)NS1(=O)=O. The number of amides is 1. The van der Waals surface area contributed by atoms with E-state index in [-0.39, 0.29) is 35.4 Å². The summed E-state index contributed by atoms with van der Waals surface area (Å²) in [5.41, 5.74) is 2.51. The standard InChI is InChI=1S/C35H43ClN2O7S/c1-2-27-7-3-4-15-35(22-43-19-32(39)45-35)29-11-8-25(29)18-38-20-34(14-5-6-23-16-26(36)10-12-28(23)34)21-44-31-13-9-24(17-30(31)38)33(40)37-46(27,41)42/h9-10,12-13,16-17,25,27,29H,2-8,11,14-15,18-22H2,1H3,(H,37,40)/t25-,27+,29+,34-,35-/m0/s1. The Morgan fingerprint density at radius 2 is 1.89 bits per heavy atom. The minimum Gasteiger partial charge on any atom is -0.490 e. The summed E-state index contributed by atoms with van der Waals surface area (Å²) in [4.78, 5) is 28.5. The van der Waals surface area contributed by atoms with E-state index in [0.717, 1.165) is 42.8 Å². The highest BCUT2D eigenvalue weighted by molar-refractivity contribution is 7.90. The van der Waals surface area contributed by atoms with E-state index >= 15 is 0 Å². The highest BCUT2D eigenvalue weighted by Gasteiger charge is 2.53. The molecule has 5 atom stereocenters. The molecule has 2 fully saturated rings. The van der Waals surface area contributed by atoms with E-state index in [0.29, 0.717) is 64.2 Å². The molecule has 9 nitrogen and oxygen atoms in total. The lowest BCUT2D eigenvalue weighted by Crippen LogP contribution is -2.58. The lowest BCUT2D eigenvalue weighted by atomic mass is 9.62. The molecular weight excluding hydrogens is 628 g/mol. The molecule has 0 radical (unpaired) electrons. The van der Waals surface area contributed by atoms with Gasteiger partial charge in [-0.25, -0.2) is 17.9 Å². The number of carbonyl (C=O) groups excluding carboxylic acids is 2. The molecular formula is C35H43ClN2O7S. The van der Waals surface area contributed by atoms with Gasteiger partial charge in [0.25, 0.3) is 5.91 Å². The van der Waals surface area contributed by atoms with Gasteiger partial charge in [0.15, 0.2) is 0 Å². The van der Waals surface area contributed by atoms with Crippen LogP contribution in [0.4, 0.5) is 5.69 Å². The van der Waals surface area contributed by atoms with E-state index in [1.807, 2.05) is 13.0 Å². The molecule has 2 aliphatic carbocycles. The van der Waals surface area contributed by atoms with Crippen LogP contribution in [-0.4, -0.2) is 64.1 Å². The molecule has 7 rings (SSSR count). The lowest BCUT2D eigenvalue weighted by Gasteiger charge is -2.52. The van der Waals surface area contributed by atoms with Crippen LogP contribution in [0.25, 0.3) is 0 Å². The van der Waals surface area contributed by atoms with Gasteiger partial charge in [-0.1, -0.05) is 31.0 Å². The Balaban J connectivity index is 1.31. The minimum absolute atomic E-state index is 0.0411. The number of nitrogens with zero attached hydrogens (tertiary/aromatic N) is 1. The molecule has 1 saturated heterocycles. The van der Waals surface area contributed by atoms with Crippen molar-refractivity contribution in [2.45, 2.75) is 87.4 Å². The molecule has 3 heterocycles. The van der Waals surface area contributed by atoms with Gasteiger partial charge in [-0.05, 0) is 105 Å². The second-order valence-corrected chi connectivity index (χ2v) is 16.4. The fraction of sp³-hybridized carbons (Fsp3) is 0.600. The van der Waals surface area contributed by atoms with Crippen molar-refractivity contribution >= 4 is 39.2 Å². The maximum absolute atomic E-state index is 13.5. The number of anilines is 1. The van der Waals surface area contributed by atoms with Gasteiger partial charge in [0.05, 0.1) is 24.2 Å². The van der Waals surface area contributed by atoms with E-state index in [2.05, 4.69) is 21.8 Å². The van der Waals surface area contributed by atoms with Crippen molar-refractivity contribution in [2.24, 2.45) is 11.8 Å². The number of ether oxygens (including phenoxy) is 3. The topological polar surface area (TPSA) is 111 Å². The number of rotatable bonds is 1. The van der Waals surface area contributed by atoms with Crippen LogP contribution in [-0.2, 0) is 36.1 Å². The van der Waals surface area contributed by atoms with Gasteiger partial charge < -0.3 is 19.1 Å². The van der Waals surface area contributed by atoms with Crippen molar-refractivity contribution in [3.8, 4) is 5.75 Å². The number of benzene rings is 2. The van der Waals surface area contributed by atoms with Crippen molar-refractivity contribution in [3.05, 3.63) is 58.1 Å². The maximum atomic E-state index is 13.5. The Morgan fingerprint density at radius 1 is 1.02 bits per heavy atom. The summed E-state index contributed by atoms with van der Waals surface area (Å²) in [5, 5.41) is 0.0173. The molecule has 1 amide bonds. The Bertz CT molecular complexity index is 1630. The highest BCUT2D eigenvalue weighted by atomic mass is 35.5. The second kappa shape index (κ2) is 12.3. The average molecular weight is 671 g/mol. The van der Waals surface area contributed by atoms with Crippen molar-refractivity contribution < 1.29 is 32.2 Å². The van der Waals surface area contributed by atoms with Gasteiger partial charge >= 0.3 is 5.97 Å². The first-order valence-corrected chi connectivity index (χ1v) is 18.7. The number of halogens is 1. The van der Waals surface area contributed by atoms with Crippen LogP contribution < -0.4 is 14.4 Å². The molecule has 2 bridgehead atoms. The Morgan fingerprint density at radius 3 is 2.67 bits per heavy atom. The summed E-state index contributed by atoms with van der Waals surface area (Å²) in [7, 11) is -3.92. The fourth-order valence-corrected chi connectivity index (χ4v) is 10.4. The molecule has 5 aliphatic rings. The van der Waals surface area contributed by atoms with Crippen molar-refractivity contribution in [1.82, 2.24) is 4.72 Å². The first-order valence-electron chi connectivity index (χ1n) is 16.8. The van der Waals surface area contributed by atoms with Gasteiger partial charge in [0.1, 0.15) is 18.0 Å². The first kappa shape index (κ1) is 31.8. The number of carbonyl (C=O) groups is 2. The zero-order valence-electron chi connectivity index (χ0n) is 26.4. The predicted molar refractivity (Wildman–Crippen MR) is 175 cm³/mol. The van der Waals surface area contributed by atoms with Crippen LogP contribution in [0.15, 0.2) is 36.4 Å². The summed E-state index contributed by atoms with van der Waals surface area (Å²) in [6, 6.07) is 11.4. The van der Waals surface area contributed by atoms with E-state index in [1.165, 1.54) is 11.1 Å². The first-order chi connectivity index (χ1) is 22.1. The van der Waals surface area contributed by atoms with Crippen LogP contribution in [0.1, 0.15) is 86.2 Å². The molecule has 0 aromatic heterocycles. The average Bonchev–Trinajstić information content (AvgIpc) is 3.15. The molecule has 2 aromatic carbocycles. The molecule has 1 saturated carbocycles. The van der Waals surface area contributed by atoms with Crippen LogP contribution in [0.2, 0.25) is 5.02 Å².